The summed E-state index contributed by atoms with van der Waals surface area (Å²) in [6, 6.07) is 7.15. The van der Waals surface area contributed by atoms with Gasteiger partial charge in [-0.3, -0.25) is 14.4 Å². The van der Waals surface area contributed by atoms with Crippen LogP contribution in [0.4, 0.5) is 4.39 Å². The Morgan fingerprint density at radius 2 is 2.22 bits per heavy atom. The number of nitrogens with zero attached hydrogens (tertiary/aromatic N) is 3. The van der Waals surface area contributed by atoms with Gasteiger partial charge in [0.05, 0.1) is 19.3 Å². The maximum absolute atomic E-state index is 13.1. The molecular formula is C16H19FN4O2. The molecule has 1 amide bonds. The SMILES string of the molecule is NC(=O)[C@H](c1ccc(F)cc1)N1CCO[C@H](Cn2cccn2)C1. The highest BCUT2D eigenvalue weighted by Gasteiger charge is 2.31. The number of carbonyl (C=O) groups is 1. The van der Waals surface area contributed by atoms with E-state index in [1.807, 2.05) is 17.2 Å². The van der Waals surface area contributed by atoms with Crippen molar-refractivity contribution in [2.75, 3.05) is 19.7 Å². The molecule has 1 aliphatic rings. The van der Waals surface area contributed by atoms with Crippen LogP contribution in [-0.2, 0) is 16.1 Å². The summed E-state index contributed by atoms with van der Waals surface area (Å²) in [7, 11) is 0. The summed E-state index contributed by atoms with van der Waals surface area (Å²) in [6.07, 6.45) is 3.50. The van der Waals surface area contributed by atoms with Gasteiger partial charge in [-0.05, 0) is 23.8 Å². The highest BCUT2D eigenvalue weighted by atomic mass is 19.1. The molecule has 0 saturated carbocycles. The van der Waals surface area contributed by atoms with Crippen molar-refractivity contribution in [1.29, 1.82) is 0 Å². The summed E-state index contributed by atoms with van der Waals surface area (Å²) in [5, 5.41) is 4.17. The molecule has 2 atom stereocenters. The third kappa shape index (κ3) is 3.75. The van der Waals surface area contributed by atoms with E-state index in [1.165, 1.54) is 12.1 Å². The quantitative estimate of drug-likeness (QED) is 0.891. The molecule has 1 saturated heterocycles. The lowest BCUT2D eigenvalue weighted by Gasteiger charge is -2.37. The first-order valence-electron chi connectivity index (χ1n) is 7.51. The molecule has 1 fully saturated rings. The lowest BCUT2D eigenvalue weighted by atomic mass is 10.0. The molecule has 3 rings (SSSR count). The Hall–Kier alpha value is -2.25. The highest BCUT2D eigenvalue weighted by molar-refractivity contribution is 5.81. The van der Waals surface area contributed by atoms with E-state index in [2.05, 4.69) is 5.10 Å². The lowest BCUT2D eigenvalue weighted by Crippen LogP contribution is -2.49. The first-order chi connectivity index (χ1) is 11.1. The molecule has 1 aromatic carbocycles. The zero-order valence-corrected chi connectivity index (χ0v) is 12.6. The minimum Gasteiger partial charge on any atom is -0.374 e. The maximum atomic E-state index is 13.1. The molecule has 1 aliphatic heterocycles. The van der Waals surface area contributed by atoms with Crippen LogP contribution in [0.5, 0.6) is 0 Å². The predicted molar refractivity (Wildman–Crippen MR) is 81.9 cm³/mol. The molecule has 0 aliphatic carbocycles. The summed E-state index contributed by atoms with van der Waals surface area (Å²) < 4.78 is 20.7. The van der Waals surface area contributed by atoms with E-state index in [-0.39, 0.29) is 11.9 Å². The normalized spacial score (nSPS) is 20.3. The lowest BCUT2D eigenvalue weighted by molar-refractivity contribution is -0.127. The van der Waals surface area contributed by atoms with Gasteiger partial charge in [0.15, 0.2) is 0 Å². The van der Waals surface area contributed by atoms with E-state index < -0.39 is 11.9 Å². The van der Waals surface area contributed by atoms with Crippen molar-refractivity contribution in [1.82, 2.24) is 14.7 Å². The zero-order chi connectivity index (χ0) is 16.2. The van der Waals surface area contributed by atoms with Crippen LogP contribution in [0.25, 0.3) is 0 Å². The number of primary amides is 1. The first-order valence-corrected chi connectivity index (χ1v) is 7.51. The van der Waals surface area contributed by atoms with Gasteiger partial charge in [-0.25, -0.2) is 4.39 Å². The Labute approximate surface area is 133 Å². The summed E-state index contributed by atoms with van der Waals surface area (Å²) in [5.74, 6) is -0.785. The molecule has 0 bridgehead atoms. The highest BCUT2D eigenvalue weighted by Crippen LogP contribution is 2.23. The average molecular weight is 318 g/mol. The number of hydrogen-bond acceptors (Lipinski definition) is 4. The molecule has 122 valence electrons. The number of ether oxygens (including phenoxy) is 1. The van der Waals surface area contributed by atoms with Gasteiger partial charge in [0, 0.05) is 25.5 Å². The molecule has 0 radical (unpaired) electrons. The van der Waals surface area contributed by atoms with Crippen molar-refractivity contribution < 1.29 is 13.9 Å². The molecule has 2 heterocycles. The molecule has 0 spiro atoms. The monoisotopic (exact) mass is 318 g/mol. The van der Waals surface area contributed by atoms with Crippen LogP contribution in [0.1, 0.15) is 11.6 Å². The van der Waals surface area contributed by atoms with Crippen molar-refractivity contribution in [3.05, 3.63) is 54.1 Å². The number of hydrogen-bond donors (Lipinski definition) is 1. The van der Waals surface area contributed by atoms with Gasteiger partial charge in [-0.2, -0.15) is 5.10 Å². The van der Waals surface area contributed by atoms with E-state index in [0.717, 1.165) is 0 Å². The molecule has 7 heteroatoms. The average Bonchev–Trinajstić information content (AvgIpc) is 3.02. The van der Waals surface area contributed by atoms with Gasteiger partial charge in [0.25, 0.3) is 0 Å². The van der Waals surface area contributed by atoms with Crippen LogP contribution >= 0.6 is 0 Å². The van der Waals surface area contributed by atoms with Gasteiger partial charge in [0.2, 0.25) is 5.91 Å². The van der Waals surface area contributed by atoms with Gasteiger partial charge in [-0.15, -0.1) is 0 Å². The number of benzene rings is 1. The Bertz CT molecular complexity index is 645. The second-order valence-electron chi connectivity index (χ2n) is 5.57. The summed E-state index contributed by atoms with van der Waals surface area (Å²) >= 11 is 0. The molecule has 2 aromatic rings. The van der Waals surface area contributed by atoms with Crippen LogP contribution in [0.2, 0.25) is 0 Å². The van der Waals surface area contributed by atoms with Gasteiger partial charge in [0.1, 0.15) is 11.9 Å². The Kier molecular flexibility index (Phi) is 4.68. The zero-order valence-electron chi connectivity index (χ0n) is 12.6. The van der Waals surface area contributed by atoms with Crippen molar-refractivity contribution in [3.63, 3.8) is 0 Å². The van der Waals surface area contributed by atoms with E-state index >= 15 is 0 Å². The minimum atomic E-state index is -0.584. The van der Waals surface area contributed by atoms with Crippen LogP contribution in [-0.4, -0.2) is 46.4 Å². The summed E-state index contributed by atoms with van der Waals surface area (Å²) in [4.78, 5) is 13.9. The maximum Gasteiger partial charge on any atom is 0.239 e. The molecule has 1 aromatic heterocycles. The van der Waals surface area contributed by atoms with Crippen molar-refractivity contribution >= 4 is 5.91 Å². The number of rotatable bonds is 5. The Morgan fingerprint density at radius 1 is 1.43 bits per heavy atom. The van der Waals surface area contributed by atoms with Crippen LogP contribution < -0.4 is 5.73 Å². The molecule has 2 N–H and O–H groups in total. The van der Waals surface area contributed by atoms with Crippen molar-refractivity contribution in [2.24, 2.45) is 5.73 Å². The fourth-order valence-corrected chi connectivity index (χ4v) is 2.90. The van der Waals surface area contributed by atoms with Crippen LogP contribution in [0.15, 0.2) is 42.7 Å². The van der Waals surface area contributed by atoms with E-state index in [4.69, 9.17) is 10.5 Å². The number of aromatic nitrogens is 2. The Balaban J connectivity index is 1.74. The van der Waals surface area contributed by atoms with E-state index in [9.17, 15) is 9.18 Å². The number of amides is 1. The molecule has 6 nitrogen and oxygen atoms in total. The summed E-state index contributed by atoms with van der Waals surface area (Å²) in [6.45, 7) is 2.28. The second-order valence-corrected chi connectivity index (χ2v) is 5.57. The minimum absolute atomic E-state index is 0.0778. The van der Waals surface area contributed by atoms with Gasteiger partial charge < -0.3 is 10.5 Å². The number of morpholine rings is 1. The van der Waals surface area contributed by atoms with Gasteiger partial charge in [-0.1, -0.05) is 12.1 Å². The van der Waals surface area contributed by atoms with Crippen LogP contribution in [0.3, 0.4) is 0 Å². The van der Waals surface area contributed by atoms with E-state index in [0.29, 0.717) is 31.8 Å². The van der Waals surface area contributed by atoms with Gasteiger partial charge >= 0.3 is 0 Å². The van der Waals surface area contributed by atoms with Crippen molar-refractivity contribution in [3.8, 4) is 0 Å². The first kappa shape index (κ1) is 15.6. The smallest absolute Gasteiger partial charge is 0.239 e. The van der Waals surface area contributed by atoms with E-state index in [1.54, 1.807) is 23.0 Å². The topological polar surface area (TPSA) is 73.4 Å². The molecule has 23 heavy (non-hydrogen) atoms. The predicted octanol–water partition coefficient (Wildman–Crippen LogP) is 0.950. The number of halogens is 1. The Morgan fingerprint density at radius 3 is 2.87 bits per heavy atom. The fourth-order valence-electron chi connectivity index (χ4n) is 2.90. The second kappa shape index (κ2) is 6.89. The number of nitrogens with two attached hydrogens (primary N) is 1. The number of carbonyl (C=O) groups excluding carboxylic acids is 1. The third-order valence-electron chi connectivity index (χ3n) is 3.94. The third-order valence-corrected chi connectivity index (χ3v) is 3.94. The van der Waals surface area contributed by atoms with Crippen molar-refractivity contribution in [2.45, 2.75) is 18.7 Å². The molecular weight excluding hydrogens is 299 g/mol. The summed E-state index contributed by atoms with van der Waals surface area (Å²) in [5.41, 5.74) is 6.28. The standard InChI is InChI=1S/C16H19FN4O2/c17-13-4-2-12(3-5-13)15(16(18)22)20-8-9-23-14(10-20)11-21-7-1-6-19-21/h1-7,14-15H,8-11H2,(H2,18,22)/t14-,15-/m0/s1. The van der Waals surface area contributed by atoms with Crippen LogP contribution in [0, 0.1) is 5.82 Å². The fraction of sp³-hybridized carbons (Fsp3) is 0.375. The molecule has 0 unspecified atom stereocenters. The largest absolute Gasteiger partial charge is 0.374 e.